The zero-order valence-corrected chi connectivity index (χ0v) is 12.6. The SMILES string of the molecule is NC(Cc1ccccc1Cl)Cc1c(Cl)cccc1[N+](=O)[O-]. The van der Waals surface area contributed by atoms with Gasteiger partial charge in [-0.15, -0.1) is 0 Å². The second kappa shape index (κ2) is 6.89. The molecule has 0 aliphatic heterocycles. The van der Waals surface area contributed by atoms with Crippen LogP contribution < -0.4 is 5.73 Å². The predicted octanol–water partition coefficient (Wildman–Crippen LogP) is 4.01. The summed E-state index contributed by atoms with van der Waals surface area (Å²) in [6.07, 6.45) is 0.850. The molecule has 0 spiro atoms. The van der Waals surface area contributed by atoms with Gasteiger partial charge in [-0.25, -0.2) is 0 Å². The second-order valence-electron chi connectivity index (χ2n) is 4.75. The van der Waals surface area contributed by atoms with Crippen molar-refractivity contribution in [1.29, 1.82) is 0 Å². The molecule has 0 aromatic heterocycles. The van der Waals surface area contributed by atoms with Crippen LogP contribution in [0.3, 0.4) is 0 Å². The Hall–Kier alpha value is -1.62. The van der Waals surface area contributed by atoms with E-state index in [4.69, 9.17) is 28.9 Å². The van der Waals surface area contributed by atoms with Gasteiger partial charge in [0.1, 0.15) is 0 Å². The Morgan fingerprint density at radius 2 is 1.71 bits per heavy atom. The van der Waals surface area contributed by atoms with E-state index in [-0.39, 0.29) is 11.7 Å². The maximum absolute atomic E-state index is 11.1. The highest BCUT2D eigenvalue weighted by molar-refractivity contribution is 6.31. The van der Waals surface area contributed by atoms with E-state index >= 15 is 0 Å². The van der Waals surface area contributed by atoms with Gasteiger partial charge in [0.2, 0.25) is 0 Å². The monoisotopic (exact) mass is 324 g/mol. The molecular formula is C15H14Cl2N2O2. The molecule has 2 N–H and O–H groups in total. The van der Waals surface area contributed by atoms with Gasteiger partial charge < -0.3 is 5.73 Å². The highest BCUT2D eigenvalue weighted by Gasteiger charge is 2.19. The molecule has 21 heavy (non-hydrogen) atoms. The molecule has 0 aliphatic rings. The van der Waals surface area contributed by atoms with Gasteiger partial charge in [-0.2, -0.15) is 0 Å². The molecule has 110 valence electrons. The van der Waals surface area contributed by atoms with Crippen LogP contribution in [0, 0.1) is 10.1 Å². The Morgan fingerprint density at radius 3 is 2.38 bits per heavy atom. The van der Waals surface area contributed by atoms with Crippen LogP contribution in [0.2, 0.25) is 10.0 Å². The Kier molecular flexibility index (Phi) is 5.17. The van der Waals surface area contributed by atoms with Crippen molar-refractivity contribution in [3.8, 4) is 0 Å². The van der Waals surface area contributed by atoms with Crippen molar-refractivity contribution >= 4 is 28.9 Å². The Bertz CT molecular complexity index is 662. The normalized spacial score (nSPS) is 12.1. The fraction of sp³-hybridized carbons (Fsp3) is 0.200. The summed E-state index contributed by atoms with van der Waals surface area (Å²) in [5.74, 6) is 0. The highest BCUT2D eigenvalue weighted by Crippen LogP contribution is 2.28. The first-order valence-corrected chi connectivity index (χ1v) is 7.15. The van der Waals surface area contributed by atoms with E-state index in [1.54, 1.807) is 18.2 Å². The first-order valence-electron chi connectivity index (χ1n) is 6.40. The summed E-state index contributed by atoms with van der Waals surface area (Å²) in [5.41, 5.74) is 7.48. The molecule has 4 nitrogen and oxygen atoms in total. The first kappa shape index (κ1) is 15.8. The second-order valence-corrected chi connectivity index (χ2v) is 5.57. The topological polar surface area (TPSA) is 69.2 Å². The summed E-state index contributed by atoms with van der Waals surface area (Å²) >= 11 is 12.2. The number of rotatable bonds is 5. The van der Waals surface area contributed by atoms with E-state index in [9.17, 15) is 10.1 Å². The lowest BCUT2D eigenvalue weighted by Crippen LogP contribution is -2.26. The van der Waals surface area contributed by atoms with E-state index in [1.165, 1.54) is 6.07 Å². The predicted molar refractivity (Wildman–Crippen MR) is 84.9 cm³/mol. The minimum Gasteiger partial charge on any atom is -0.327 e. The molecule has 0 heterocycles. The third-order valence-corrected chi connectivity index (χ3v) is 3.92. The van der Waals surface area contributed by atoms with Gasteiger partial charge in [0.15, 0.2) is 0 Å². The van der Waals surface area contributed by atoms with Crippen molar-refractivity contribution in [3.63, 3.8) is 0 Å². The summed E-state index contributed by atoms with van der Waals surface area (Å²) < 4.78 is 0. The van der Waals surface area contributed by atoms with Gasteiger partial charge in [-0.05, 0) is 30.5 Å². The average molecular weight is 325 g/mol. The summed E-state index contributed by atoms with van der Waals surface area (Å²) in [6.45, 7) is 0. The number of nitrogens with zero attached hydrogens (tertiary/aromatic N) is 1. The molecule has 0 saturated heterocycles. The van der Waals surface area contributed by atoms with E-state index < -0.39 is 4.92 Å². The van der Waals surface area contributed by atoms with Gasteiger partial charge in [0.25, 0.3) is 5.69 Å². The summed E-state index contributed by atoms with van der Waals surface area (Å²) in [5, 5.41) is 12.1. The molecule has 0 fully saturated rings. The number of benzene rings is 2. The van der Waals surface area contributed by atoms with Crippen LogP contribution >= 0.6 is 23.2 Å². The number of halogens is 2. The molecule has 0 radical (unpaired) electrons. The van der Waals surface area contributed by atoms with Crippen molar-refractivity contribution in [1.82, 2.24) is 0 Å². The summed E-state index contributed by atoms with van der Waals surface area (Å²) in [4.78, 5) is 10.6. The zero-order chi connectivity index (χ0) is 15.4. The zero-order valence-electron chi connectivity index (χ0n) is 11.1. The van der Waals surface area contributed by atoms with Gasteiger partial charge >= 0.3 is 0 Å². The van der Waals surface area contributed by atoms with Crippen molar-refractivity contribution in [2.24, 2.45) is 5.73 Å². The Balaban J connectivity index is 2.19. The smallest absolute Gasteiger partial charge is 0.274 e. The van der Waals surface area contributed by atoms with Crippen molar-refractivity contribution in [2.45, 2.75) is 18.9 Å². The molecule has 2 aromatic carbocycles. The third kappa shape index (κ3) is 3.94. The van der Waals surface area contributed by atoms with Crippen LogP contribution in [0.4, 0.5) is 5.69 Å². The van der Waals surface area contributed by atoms with Crippen LogP contribution in [-0.2, 0) is 12.8 Å². The Labute approximate surface area is 132 Å². The van der Waals surface area contributed by atoms with Crippen molar-refractivity contribution < 1.29 is 4.92 Å². The van der Waals surface area contributed by atoms with E-state index in [0.717, 1.165) is 5.56 Å². The van der Waals surface area contributed by atoms with Gasteiger partial charge in [0, 0.05) is 22.7 Å². The summed E-state index contributed by atoms with van der Waals surface area (Å²) in [7, 11) is 0. The maximum atomic E-state index is 11.1. The van der Waals surface area contributed by atoms with E-state index in [2.05, 4.69) is 0 Å². The Morgan fingerprint density at radius 1 is 1.05 bits per heavy atom. The van der Waals surface area contributed by atoms with Crippen LogP contribution in [0.5, 0.6) is 0 Å². The van der Waals surface area contributed by atoms with Gasteiger partial charge in [0.05, 0.1) is 9.95 Å². The molecule has 0 bridgehead atoms. The van der Waals surface area contributed by atoms with Crippen LogP contribution in [0.1, 0.15) is 11.1 Å². The molecule has 0 saturated carbocycles. The summed E-state index contributed by atoms with van der Waals surface area (Å²) in [6, 6.07) is 11.7. The highest BCUT2D eigenvalue weighted by atomic mass is 35.5. The standard InChI is InChI=1S/C15H14Cl2N2O2/c16-13-5-2-1-4-10(13)8-11(18)9-12-14(17)6-3-7-15(12)19(20)21/h1-7,11H,8-9,18H2. The molecule has 0 amide bonds. The lowest BCUT2D eigenvalue weighted by Gasteiger charge is -2.14. The van der Waals surface area contributed by atoms with Crippen LogP contribution in [-0.4, -0.2) is 11.0 Å². The number of hydrogen-bond donors (Lipinski definition) is 1. The van der Waals surface area contributed by atoms with E-state index in [0.29, 0.717) is 28.5 Å². The lowest BCUT2D eigenvalue weighted by molar-refractivity contribution is -0.385. The minimum atomic E-state index is -0.441. The molecule has 2 rings (SSSR count). The first-order chi connectivity index (χ1) is 9.99. The number of nitro benzene ring substituents is 1. The minimum absolute atomic E-state index is 0.00268. The molecule has 1 atom stereocenters. The number of nitrogens with two attached hydrogens (primary N) is 1. The lowest BCUT2D eigenvalue weighted by atomic mass is 9.98. The number of nitro groups is 1. The van der Waals surface area contributed by atoms with Crippen molar-refractivity contribution in [3.05, 3.63) is 73.8 Å². The fourth-order valence-electron chi connectivity index (χ4n) is 2.20. The van der Waals surface area contributed by atoms with Crippen molar-refractivity contribution in [2.75, 3.05) is 0 Å². The van der Waals surface area contributed by atoms with Crippen LogP contribution in [0.25, 0.3) is 0 Å². The van der Waals surface area contributed by atoms with E-state index in [1.807, 2.05) is 18.2 Å². The molecule has 1 unspecified atom stereocenters. The average Bonchev–Trinajstić information content (AvgIpc) is 2.43. The maximum Gasteiger partial charge on any atom is 0.274 e. The van der Waals surface area contributed by atoms with Gasteiger partial charge in [-0.3, -0.25) is 10.1 Å². The fourth-order valence-corrected chi connectivity index (χ4v) is 2.66. The largest absolute Gasteiger partial charge is 0.327 e. The van der Waals surface area contributed by atoms with Crippen LogP contribution in [0.15, 0.2) is 42.5 Å². The van der Waals surface area contributed by atoms with Gasteiger partial charge in [-0.1, -0.05) is 47.5 Å². The molecule has 2 aromatic rings. The quantitative estimate of drug-likeness (QED) is 0.667. The molecule has 0 aliphatic carbocycles. The number of hydrogen-bond acceptors (Lipinski definition) is 3. The molecular weight excluding hydrogens is 311 g/mol. The third-order valence-electron chi connectivity index (χ3n) is 3.20. The molecule has 6 heteroatoms.